The summed E-state index contributed by atoms with van der Waals surface area (Å²) in [5, 5.41) is 7.54. The number of halogens is 1. The number of amides is 1. The van der Waals surface area contributed by atoms with Crippen LogP contribution in [0.1, 0.15) is 106 Å². The number of fused-ring (bicyclic) bond motifs is 1. The second-order valence-corrected chi connectivity index (χ2v) is 10.8. The molecule has 0 spiro atoms. The van der Waals surface area contributed by atoms with E-state index in [4.69, 9.17) is 28.6 Å². The summed E-state index contributed by atoms with van der Waals surface area (Å²) in [7, 11) is 1.62. The molecule has 0 aliphatic rings. The number of rotatable bonds is 17. The third-order valence-electron chi connectivity index (χ3n) is 6.09. The van der Waals surface area contributed by atoms with Crippen molar-refractivity contribution in [2.45, 2.75) is 96.8 Å². The molecule has 2 aromatic rings. The zero-order valence-electron chi connectivity index (χ0n) is 20.8. The highest BCUT2D eigenvalue weighted by Crippen LogP contribution is 2.37. The lowest BCUT2D eigenvalue weighted by Gasteiger charge is -2.09. The Hall–Kier alpha value is -1.37. The van der Waals surface area contributed by atoms with Gasteiger partial charge >= 0.3 is 0 Å². The van der Waals surface area contributed by atoms with Crippen molar-refractivity contribution in [2.75, 3.05) is 13.7 Å². The van der Waals surface area contributed by atoms with Crippen LogP contribution in [-0.4, -0.2) is 24.7 Å². The molecule has 0 aliphatic heterocycles. The molecule has 1 amide bonds. The number of benzene rings is 1. The lowest BCUT2D eigenvalue weighted by molar-refractivity contribution is 0.0981. The van der Waals surface area contributed by atoms with Crippen LogP contribution in [0.15, 0.2) is 18.2 Å². The molecule has 34 heavy (non-hydrogen) atoms. The highest BCUT2D eigenvalue weighted by Gasteiger charge is 2.18. The molecule has 2 rings (SSSR count). The van der Waals surface area contributed by atoms with Crippen molar-refractivity contribution in [1.29, 1.82) is 0 Å². The van der Waals surface area contributed by atoms with Crippen LogP contribution in [-0.2, 0) is 0 Å². The van der Waals surface area contributed by atoms with E-state index in [-0.39, 0.29) is 5.91 Å². The summed E-state index contributed by atoms with van der Waals surface area (Å²) in [5.74, 6) is 0.464. The summed E-state index contributed by atoms with van der Waals surface area (Å²) in [5.41, 5.74) is 0. The summed E-state index contributed by atoms with van der Waals surface area (Å²) in [6.45, 7) is 3.04. The summed E-state index contributed by atoms with van der Waals surface area (Å²) >= 11 is 13.1. The summed E-state index contributed by atoms with van der Waals surface area (Å²) in [4.78, 5) is 13.1. The maximum atomic E-state index is 12.6. The van der Waals surface area contributed by atoms with Gasteiger partial charge in [0, 0.05) is 16.6 Å². The maximum Gasteiger partial charge on any atom is 0.269 e. The summed E-state index contributed by atoms with van der Waals surface area (Å²) in [6.07, 6.45) is 18.7. The van der Waals surface area contributed by atoms with E-state index in [1.54, 1.807) is 7.11 Å². The van der Waals surface area contributed by atoms with Crippen LogP contribution in [0.3, 0.4) is 0 Å². The fourth-order valence-corrected chi connectivity index (χ4v) is 5.68. The zero-order valence-corrected chi connectivity index (χ0v) is 23.2. The molecule has 190 valence electrons. The first-order chi connectivity index (χ1) is 16.6. The summed E-state index contributed by atoms with van der Waals surface area (Å²) < 4.78 is 6.16. The van der Waals surface area contributed by atoms with Gasteiger partial charge in [0.1, 0.15) is 10.6 Å². The Labute approximate surface area is 220 Å². The first-order valence-electron chi connectivity index (χ1n) is 12.9. The standard InChI is InChI=1S/C27H41ClN2O2S2/c1-3-4-5-6-7-8-9-10-11-12-13-14-15-16-19-29-27(33)30-26(31)25-24(28)22-18-17-21(32-2)20-23(22)34-25/h17-18,20H,3-16,19H2,1-2H3,(H2,29,30,31,33). The van der Waals surface area contributed by atoms with E-state index in [2.05, 4.69) is 17.6 Å². The molecule has 0 saturated carbocycles. The van der Waals surface area contributed by atoms with E-state index in [0.717, 1.165) is 28.8 Å². The lowest BCUT2D eigenvalue weighted by atomic mass is 10.0. The quantitative estimate of drug-likeness (QED) is 0.160. The lowest BCUT2D eigenvalue weighted by Crippen LogP contribution is -2.39. The number of nitrogens with one attached hydrogen (secondary N) is 2. The Balaban J connectivity index is 1.50. The van der Waals surface area contributed by atoms with Crippen LogP contribution >= 0.6 is 35.2 Å². The third-order valence-corrected chi connectivity index (χ3v) is 7.99. The van der Waals surface area contributed by atoms with E-state index < -0.39 is 0 Å². The molecule has 0 unspecified atom stereocenters. The predicted molar refractivity (Wildman–Crippen MR) is 152 cm³/mol. The molecule has 1 aromatic carbocycles. The van der Waals surface area contributed by atoms with Crippen LogP contribution in [0.4, 0.5) is 0 Å². The number of thiocarbonyl (C=S) groups is 1. The van der Waals surface area contributed by atoms with Gasteiger partial charge in [0.2, 0.25) is 0 Å². The average Bonchev–Trinajstić information content (AvgIpc) is 3.17. The van der Waals surface area contributed by atoms with Crippen molar-refractivity contribution in [3.63, 3.8) is 0 Å². The minimum atomic E-state index is -0.274. The topological polar surface area (TPSA) is 50.4 Å². The minimum Gasteiger partial charge on any atom is -0.497 e. The molecule has 4 nitrogen and oxygen atoms in total. The molecule has 0 radical (unpaired) electrons. The van der Waals surface area contributed by atoms with Crippen molar-refractivity contribution in [1.82, 2.24) is 10.6 Å². The smallest absolute Gasteiger partial charge is 0.269 e. The Morgan fingerprint density at radius 1 is 0.941 bits per heavy atom. The maximum absolute atomic E-state index is 12.6. The Kier molecular flexibility index (Phi) is 14.5. The van der Waals surface area contributed by atoms with Gasteiger partial charge in [-0.15, -0.1) is 11.3 Å². The first kappa shape index (κ1) is 28.9. The first-order valence-corrected chi connectivity index (χ1v) is 14.5. The number of hydrogen-bond donors (Lipinski definition) is 2. The Bertz CT molecular complexity index is 885. The molecule has 7 heteroatoms. The fraction of sp³-hybridized carbons (Fsp3) is 0.630. The van der Waals surface area contributed by atoms with Gasteiger partial charge in [-0.2, -0.15) is 0 Å². The largest absolute Gasteiger partial charge is 0.497 e. The van der Waals surface area contributed by atoms with Crippen molar-refractivity contribution in [3.8, 4) is 5.75 Å². The van der Waals surface area contributed by atoms with Crippen molar-refractivity contribution < 1.29 is 9.53 Å². The second-order valence-electron chi connectivity index (χ2n) is 8.91. The number of carbonyl (C=O) groups is 1. The molecular formula is C27H41ClN2O2S2. The summed E-state index contributed by atoms with van der Waals surface area (Å²) in [6, 6.07) is 5.59. The second kappa shape index (κ2) is 17.1. The van der Waals surface area contributed by atoms with Crippen molar-refractivity contribution in [2.24, 2.45) is 0 Å². The predicted octanol–water partition coefficient (Wildman–Crippen LogP) is 8.65. The van der Waals surface area contributed by atoms with Gasteiger partial charge in [-0.05, 0) is 36.8 Å². The SMILES string of the molecule is CCCCCCCCCCCCCCCCNC(=S)NC(=O)c1sc2cc(OC)ccc2c1Cl. The Morgan fingerprint density at radius 3 is 2.06 bits per heavy atom. The van der Waals surface area contributed by atoms with Crippen molar-refractivity contribution in [3.05, 3.63) is 28.1 Å². The molecule has 0 atom stereocenters. The zero-order chi connectivity index (χ0) is 24.6. The van der Waals surface area contributed by atoms with E-state index in [1.807, 2.05) is 18.2 Å². The van der Waals surface area contributed by atoms with Gasteiger partial charge in [0.25, 0.3) is 5.91 Å². The number of carbonyl (C=O) groups excluding carboxylic acids is 1. The Morgan fingerprint density at radius 2 is 1.50 bits per heavy atom. The highest BCUT2D eigenvalue weighted by molar-refractivity contribution is 7.80. The minimum absolute atomic E-state index is 0.274. The van der Waals surface area contributed by atoms with Crippen molar-refractivity contribution >= 4 is 56.3 Å². The molecule has 1 heterocycles. The van der Waals surface area contributed by atoms with Gasteiger partial charge in [0.05, 0.1) is 12.1 Å². The average molecular weight is 525 g/mol. The molecule has 0 bridgehead atoms. The van der Waals surface area contributed by atoms with E-state index in [1.165, 1.54) is 94.8 Å². The van der Waals surface area contributed by atoms with Gasteiger partial charge in [0.15, 0.2) is 5.11 Å². The number of ether oxygens (including phenoxy) is 1. The molecule has 0 saturated heterocycles. The number of hydrogen-bond acceptors (Lipinski definition) is 4. The van der Waals surface area contributed by atoms with Crippen LogP contribution < -0.4 is 15.4 Å². The van der Waals surface area contributed by atoms with E-state index >= 15 is 0 Å². The normalized spacial score (nSPS) is 11.0. The van der Waals surface area contributed by atoms with Gasteiger partial charge < -0.3 is 10.1 Å². The van der Waals surface area contributed by atoms with Crippen LogP contribution in [0, 0.1) is 0 Å². The number of methoxy groups -OCH3 is 1. The number of unbranched alkanes of at least 4 members (excludes halogenated alkanes) is 13. The molecular weight excluding hydrogens is 484 g/mol. The number of thiophene rings is 1. The molecule has 1 aromatic heterocycles. The van der Waals surface area contributed by atoms with Gasteiger partial charge in [-0.1, -0.05) is 102 Å². The molecule has 2 N–H and O–H groups in total. The third kappa shape index (κ3) is 10.5. The van der Waals surface area contributed by atoms with Crippen LogP contribution in [0.2, 0.25) is 5.02 Å². The van der Waals surface area contributed by atoms with Gasteiger partial charge in [-0.25, -0.2) is 0 Å². The van der Waals surface area contributed by atoms with E-state index in [0.29, 0.717) is 15.0 Å². The van der Waals surface area contributed by atoms with E-state index in [9.17, 15) is 4.79 Å². The van der Waals surface area contributed by atoms with Gasteiger partial charge in [-0.3, -0.25) is 10.1 Å². The monoisotopic (exact) mass is 524 g/mol. The molecule has 0 fully saturated rings. The molecule has 0 aliphatic carbocycles. The van der Waals surface area contributed by atoms with Crippen LogP contribution in [0.5, 0.6) is 5.75 Å². The highest BCUT2D eigenvalue weighted by atomic mass is 35.5. The fourth-order valence-electron chi connectivity index (χ4n) is 4.04. The van der Waals surface area contributed by atoms with Crippen LogP contribution in [0.25, 0.3) is 10.1 Å².